The van der Waals surface area contributed by atoms with Crippen molar-refractivity contribution >= 4 is 5.91 Å². The number of hydrogen-bond donors (Lipinski definition) is 1. The maximum absolute atomic E-state index is 11.9. The zero-order valence-corrected chi connectivity index (χ0v) is 10.2. The van der Waals surface area contributed by atoms with E-state index in [1.165, 1.54) is 0 Å². The molecule has 1 N–H and O–H groups in total. The first kappa shape index (κ1) is 12.7. The summed E-state index contributed by atoms with van der Waals surface area (Å²) in [5, 5.41) is 16.0. The van der Waals surface area contributed by atoms with Crippen molar-refractivity contribution in [3.8, 4) is 6.07 Å². The van der Waals surface area contributed by atoms with Crippen LogP contribution < -0.4 is 5.32 Å². The van der Waals surface area contributed by atoms with Gasteiger partial charge in [-0.1, -0.05) is 5.11 Å². The van der Waals surface area contributed by atoms with E-state index in [9.17, 15) is 10.1 Å². The standard InChI is InChI=1S/C11H16N6O/c12-8-11(14-4-5-15-16-13)7-10(18)17-6-2-1-3-9(11)17/h9,14H,1-7H2. The molecule has 2 rings (SSSR count). The first-order valence-corrected chi connectivity index (χ1v) is 6.20. The van der Waals surface area contributed by atoms with Gasteiger partial charge in [0, 0.05) is 24.5 Å². The molecule has 18 heavy (non-hydrogen) atoms. The van der Waals surface area contributed by atoms with E-state index >= 15 is 0 Å². The van der Waals surface area contributed by atoms with E-state index in [1.807, 2.05) is 4.90 Å². The average Bonchev–Trinajstić information content (AvgIpc) is 2.69. The summed E-state index contributed by atoms with van der Waals surface area (Å²) in [5.74, 6) is 0.0533. The minimum atomic E-state index is -0.803. The van der Waals surface area contributed by atoms with E-state index < -0.39 is 5.54 Å². The third-order valence-electron chi connectivity index (χ3n) is 3.74. The number of amides is 1. The lowest BCUT2D eigenvalue weighted by atomic mass is 9.86. The second-order valence-corrected chi connectivity index (χ2v) is 4.74. The Hall–Kier alpha value is -1.77. The molecular weight excluding hydrogens is 232 g/mol. The summed E-state index contributed by atoms with van der Waals surface area (Å²) in [6.07, 6.45) is 3.16. The summed E-state index contributed by atoms with van der Waals surface area (Å²) in [6, 6.07) is 2.24. The summed E-state index contributed by atoms with van der Waals surface area (Å²) >= 11 is 0. The quantitative estimate of drug-likeness (QED) is 0.346. The van der Waals surface area contributed by atoms with E-state index in [0.717, 1.165) is 25.8 Å². The van der Waals surface area contributed by atoms with Crippen LogP contribution in [0.25, 0.3) is 10.4 Å². The lowest BCUT2D eigenvalue weighted by Crippen LogP contribution is -2.55. The van der Waals surface area contributed by atoms with Crippen LogP contribution in [0, 0.1) is 11.3 Å². The van der Waals surface area contributed by atoms with Gasteiger partial charge in [0.1, 0.15) is 5.54 Å². The molecule has 2 saturated heterocycles. The number of nitriles is 1. The summed E-state index contributed by atoms with van der Waals surface area (Å²) in [7, 11) is 0. The molecule has 2 heterocycles. The number of fused-ring (bicyclic) bond motifs is 1. The van der Waals surface area contributed by atoms with E-state index in [-0.39, 0.29) is 18.4 Å². The molecule has 2 aliphatic rings. The van der Waals surface area contributed by atoms with Crippen LogP contribution in [0.15, 0.2) is 5.11 Å². The van der Waals surface area contributed by atoms with E-state index in [2.05, 4.69) is 21.4 Å². The SMILES string of the molecule is N#CC1(NCCN=[N+]=[N-])CC(=O)N2CCCCC21. The third-order valence-corrected chi connectivity index (χ3v) is 3.74. The van der Waals surface area contributed by atoms with Crippen LogP contribution in [0.4, 0.5) is 0 Å². The minimum absolute atomic E-state index is 0.0326. The summed E-state index contributed by atoms with van der Waals surface area (Å²) < 4.78 is 0. The molecule has 2 aliphatic heterocycles. The molecule has 0 aromatic carbocycles. The van der Waals surface area contributed by atoms with Crippen molar-refractivity contribution in [2.75, 3.05) is 19.6 Å². The molecule has 7 heteroatoms. The molecule has 0 aliphatic carbocycles. The van der Waals surface area contributed by atoms with Crippen molar-refractivity contribution in [3.63, 3.8) is 0 Å². The van der Waals surface area contributed by atoms with Crippen LogP contribution in [0.5, 0.6) is 0 Å². The van der Waals surface area contributed by atoms with E-state index in [0.29, 0.717) is 13.1 Å². The number of hydrogen-bond acceptors (Lipinski definition) is 4. The highest BCUT2D eigenvalue weighted by atomic mass is 16.2. The molecule has 2 atom stereocenters. The minimum Gasteiger partial charge on any atom is -0.337 e. The van der Waals surface area contributed by atoms with Crippen molar-refractivity contribution < 1.29 is 4.79 Å². The second-order valence-electron chi connectivity index (χ2n) is 4.74. The molecule has 0 saturated carbocycles. The number of rotatable bonds is 4. The topological polar surface area (TPSA) is 105 Å². The van der Waals surface area contributed by atoms with Crippen LogP contribution in [0.3, 0.4) is 0 Å². The predicted octanol–water partition coefficient (Wildman–Crippen LogP) is 0.933. The molecule has 1 amide bonds. The molecule has 0 bridgehead atoms. The highest BCUT2D eigenvalue weighted by molar-refractivity contribution is 5.82. The number of carbonyl (C=O) groups excluding carboxylic acids is 1. The van der Waals surface area contributed by atoms with Gasteiger partial charge in [-0.25, -0.2) is 0 Å². The molecule has 0 radical (unpaired) electrons. The van der Waals surface area contributed by atoms with Crippen LogP contribution >= 0.6 is 0 Å². The van der Waals surface area contributed by atoms with Gasteiger partial charge >= 0.3 is 0 Å². The van der Waals surface area contributed by atoms with Crippen LogP contribution in [-0.2, 0) is 4.79 Å². The van der Waals surface area contributed by atoms with Gasteiger partial charge in [0.15, 0.2) is 0 Å². The Morgan fingerprint density at radius 1 is 1.67 bits per heavy atom. The van der Waals surface area contributed by atoms with Gasteiger partial charge in [-0.3, -0.25) is 10.1 Å². The molecule has 0 aromatic heterocycles. The molecule has 7 nitrogen and oxygen atoms in total. The zero-order valence-electron chi connectivity index (χ0n) is 10.2. The smallest absolute Gasteiger partial charge is 0.225 e. The van der Waals surface area contributed by atoms with Crippen LogP contribution in [0.1, 0.15) is 25.7 Å². The molecule has 2 fully saturated rings. The zero-order chi connectivity index (χ0) is 13.0. The lowest BCUT2D eigenvalue weighted by molar-refractivity contribution is -0.129. The van der Waals surface area contributed by atoms with Gasteiger partial charge in [-0.05, 0) is 24.8 Å². The fraction of sp³-hybridized carbons (Fsp3) is 0.818. The Balaban J connectivity index is 2.09. The van der Waals surface area contributed by atoms with Gasteiger partial charge < -0.3 is 4.90 Å². The van der Waals surface area contributed by atoms with E-state index in [1.54, 1.807) is 0 Å². The first-order chi connectivity index (χ1) is 8.73. The highest BCUT2D eigenvalue weighted by Crippen LogP contribution is 2.35. The van der Waals surface area contributed by atoms with Gasteiger partial charge in [-0.2, -0.15) is 5.26 Å². The van der Waals surface area contributed by atoms with Crippen molar-refractivity contribution in [3.05, 3.63) is 10.4 Å². The number of piperidine rings is 1. The van der Waals surface area contributed by atoms with Gasteiger partial charge in [0.05, 0.1) is 18.5 Å². The number of carbonyl (C=O) groups is 1. The second kappa shape index (κ2) is 5.25. The molecular formula is C11H16N6O. The summed E-state index contributed by atoms with van der Waals surface area (Å²) in [4.78, 5) is 16.4. The number of nitrogens with one attached hydrogen (secondary N) is 1. The number of azide groups is 1. The highest BCUT2D eigenvalue weighted by Gasteiger charge is 2.52. The van der Waals surface area contributed by atoms with Gasteiger partial charge in [0.2, 0.25) is 5.91 Å². The monoisotopic (exact) mass is 248 g/mol. The third kappa shape index (κ3) is 2.13. The van der Waals surface area contributed by atoms with Gasteiger partial charge in [-0.15, -0.1) is 0 Å². The summed E-state index contributed by atoms with van der Waals surface area (Å²) in [6.45, 7) is 1.47. The van der Waals surface area contributed by atoms with Crippen molar-refractivity contribution in [2.24, 2.45) is 5.11 Å². The molecule has 96 valence electrons. The first-order valence-electron chi connectivity index (χ1n) is 6.20. The van der Waals surface area contributed by atoms with Crippen LogP contribution in [-0.4, -0.2) is 42.0 Å². The lowest BCUT2D eigenvalue weighted by Gasteiger charge is -2.36. The fourth-order valence-corrected chi connectivity index (χ4v) is 2.91. The Labute approximate surface area is 105 Å². The van der Waals surface area contributed by atoms with E-state index in [4.69, 9.17) is 5.53 Å². The Bertz CT molecular complexity index is 424. The van der Waals surface area contributed by atoms with Crippen molar-refractivity contribution in [1.29, 1.82) is 5.26 Å². The molecule has 0 aromatic rings. The molecule has 0 spiro atoms. The Morgan fingerprint density at radius 3 is 3.22 bits per heavy atom. The fourth-order valence-electron chi connectivity index (χ4n) is 2.91. The number of nitrogens with zero attached hydrogens (tertiary/aromatic N) is 5. The van der Waals surface area contributed by atoms with Gasteiger partial charge in [0.25, 0.3) is 0 Å². The summed E-state index contributed by atoms with van der Waals surface area (Å²) in [5.41, 5.74) is 7.41. The predicted molar refractivity (Wildman–Crippen MR) is 64.3 cm³/mol. The van der Waals surface area contributed by atoms with Crippen molar-refractivity contribution in [2.45, 2.75) is 37.3 Å². The molecule has 2 unspecified atom stereocenters. The maximum atomic E-state index is 11.9. The largest absolute Gasteiger partial charge is 0.337 e. The Morgan fingerprint density at radius 2 is 2.50 bits per heavy atom. The maximum Gasteiger partial charge on any atom is 0.225 e. The Kier molecular flexibility index (Phi) is 3.70. The normalized spacial score (nSPS) is 30.5. The average molecular weight is 248 g/mol. The van der Waals surface area contributed by atoms with Crippen LogP contribution in [0.2, 0.25) is 0 Å². The van der Waals surface area contributed by atoms with Crippen molar-refractivity contribution in [1.82, 2.24) is 10.2 Å².